The predicted octanol–water partition coefficient (Wildman–Crippen LogP) is 3.81. The van der Waals surface area contributed by atoms with Gasteiger partial charge in [-0.3, -0.25) is 4.90 Å². The minimum absolute atomic E-state index is 0.295. The molecule has 2 rings (SSSR count). The second-order valence-electron chi connectivity index (χ2n) is 6.93. The van der Waals surface area contributed by atoms with Gasteiger partial charge in [-0.25, -0.2) is 4.79 Å². The van der Waals surface area contributed by atoms with E-state index in [2.05, 4.69) is 0 Å². The first-order chi connectivity index (χ1) is 10.3. The van der Waals surface area contributed by atoms with Crippen molar-refractivity contribution < 1.29 is 9.53 Å². The lowest BCUT2D eigenvalue weighted by atomic mass is 9.89. The molecule has 1 saturated heterocycles. The van der Waals surface area contributed by atoms with Crippen molar-refractivity contribution in [2.75, 3.05) is 6.54 Å². The highest BCUT2D eigenvalue weighted by Crippen LogP contribution is 2.28. The van der Waals surface area contributed by atoms with E-state index in [9.17, 15) is 4.79 Å². The highest BCUT2D eigenvalue weighted by atomic mass is 35.5. The van der Waals surface area contributed by atoms with Crippen LogP contribution in [0.25, 0.3) is 0 Å². The first-order valence-corrected chi connectivity index (χ1v) is 8.12. The Balaban J connectivity index is 1.93. The van der Waals surface area contributed by atoms with Crippen molar-refractivity contribution in [2.24, 2.45) is 11.7 Å². The highest BCUT2D eigenvalue weighted by Gasteiger charge is 2.32. The fourth-order valence-electron chi connectivity index (χ4n) is 2.78. The van der Waals surface area contributed by atoms with E-state index >= 15 is 0 Å². The average Bonchev–Trinajstić information content (AvgIpc) is 2.39. The monoisotopic (exact) mass is 324 g/mol. The van der Waals surface area contributed by atoms with Gasteiger partial charge in [0, 0.05) is 11.6 Å². The van der Waals surface area contributed by atoms with Gasteiger partial charge in [0.05, 0.1) is 6.17 Å². The quantitative estimate of drug-likeness (QED) is 0.899. The third-order valence-corrected chi connectivity index (χ3v) is 4.22. The minimum atomic E-state index is -0.495. The SMILES string of the molecule is CC(C)(C)OC(=O)N1CCC(Cc2ccccc2Cl)CC1N. The maximum Gasteiger partial charge on any atom is 0.411 e. The first kappa shape index (κ1) is 17.1. The lowest BCUT2D eigenvalue weighted by Crippen LogP contribution is -2.52. The van der Waals surface area contributed by atoms with Crippen LogP contribution in [-0.4, -0.2) is 29.3 Å². The van der Waals surface area contributed by atoms with E-state index in [0.29, 0.717) is 12.5 Å². The Bertz CT molecular complexity index is 528. The number of hydrogen-bond donors (Lipinski definition) is 1. The molecule has 122 valence electrons. The molecule has 0 spiro atoms. The van der Waals surface area contributed by atoms with Crippen LogP contribution in [0.5, 0.6) is 0 Å². The Morgan fingerprint density at radius 3 is 2.68 bits per heavy atom. The molecule has 2 atom stereocenters. The molecule has 2 unspecified atom stereocenters. The molecule has 0 saturated carbocycles. The third kappa shape index (κ3) is 4.62. The van der Waals surface area contributed by atoms with E-state index < -0.39 is 5.60 Å². The number of piperidine rings is 1. The van der Waals surface area contributed by atoms with Gasteiger partial charge in [0.1, 0.15) is 5.60 Å². The van der Waals surface area contributed by atoms with Crippen molar-refractivity contribution in [3.05, 3.63) is 34.9 Å². The number of amides is 1. The summed E-state index contributed by atoms with van der Waals surface area (Å²) in [4.78, 5) is 13.8. The summed E-state index contributed by atoms with van der Waals surface area (Å²) in [6.07, 6.45) is 1.96. The highest BCUT2D eigenvalue weighted by molar-refractivity contribution is 6.31. The van der Waals surface area contributed by atoms with Crippen LogP contribution in [-0.2, 0) is 11.2 Å². The van der Waals surface area contributed by atoms with Crippen LogP contribution in [0.1, 0.15) is 39.2 Å². The summed E-state index contributed by atoms with van der Waals surface area (Å²) in [6, 6.07) is 7.89. The fourth-order valence-corrected chi connectivity index (χ4v) is 2.99. The second-order valence-corrected chi connectivity index (χ2v) is 7.33. The van der Waals surface area contributed by atoms with E-state index in [1.807, 2.05) is 45.0 Å². The molecular weight excluding hydrogens is 300 g/mol. The van der Waals surface area contributed by atoms with Crippen molar-refractivity contribution in [2.45, 2.75) is 51.8 Å². The van der Waals surface area contributed by atoms with Gasteiger partial charge in [0.25, 0.3) is 0 Å². The molecule has 0 bridgehead atoms. The van der Waals surface area contributed by atoms with Gasteiger partial charge in [0.15, 0.2) is 0 Å². The molecule has 1 aliphatic heterocycles. The van der Waals surface area contributed by atoms with E-state index in [1.54, 1.807) is 4.90 Å². The van der Waals surface area contributed by atoms with E-state index in [0.717, 1.165) is 29.8 Å². The number of halogens is 1. The Kier molecular flexibility index (Phi) is 5.35. The molecule has 1 aliphatic rings. The largest absolute Gasteiger partial charge is 0.444 e. The Morgan fingerprint density at radius 2 is 2.09 bits per heavy atom. The van der Waals surface area contributed by atoms with Gasteiger partial charge < -0.3 is 10.5 Å². The Labute approximate surface area is 137 Å². The molecule has 1 aromatic rings. The zero-order chi connectivity index (χ0) is 16.3. The van der Waals surface area contributed by atoms with Crippen LogP contribution in [0.3, 0.4) is 0 Å². The van der Waals surface area contributed by atoms with Crippen molar-refractivity contribution in [3.63, 3.8) is 0 Å². The lowest BCUT2D eigenvalue weighted by Gasteiger charge is -2.38. The molecule has 2 N–H and O–H groups in total. The van der Waals surface area contributed by atoms with E-state index in [4.69, 9.17) is 22.1 Å². The van der Waals surface area contributed by atoms with Crippen molar-refractivity contribution in [1.82, 2.24) is 4.90 Å². The number of nitrogens with two attached hydrogens (primary N) is 1. The van der Waals surface area contributed by atoms with Crippen LogP contribution < -0.4 is 5.73 Å². The molecule has 0 aromatic heterocycles. The van der Waals surface area contributed by atoms with Crippen LogP contribution in [0, 0.1) is 5.92 Å². The topological polar surface area (TPSA) is 55.6 Å². The maximum atomic E-state index is 12.1. The molecule has 1 aromatic carbocycles. The molecule has 22 heavy (non-hydrogen) atoms. The minimum Gasteiger partial charge on any atom is -0.444 e. The molecule has 1 heterocycles. The number of benzene rings is 1. The second kappa shape index (κ2) is 6.88. The Hall–Kier alpha value is -1.26. The number of hydrogen-bond acceptors (Lipinski definition) is 3. The van der Waals surface area contributed by atoms with Crippen molar-refractivity contribution in [1.29, 1.82) is 0 Å². The number of ether oxygens (including phenoxy) is 1. The van der Waals surface area contributed by atoms with Gasteiger partial charge in [0.2, 0.25) is 0 Å². The summed E-state index contributed by atoms with van der Waals surface area (Å²) < 4.78 is 5.41. The predicted molar refractivity (Wildman–Crippen MR) is 88.8 cm³/mol. The summed E-state index contributed by atoms with van der Waals surface area (Å²) in [5.41, 5.74) is 6.82. The first-order valence-electron chi connectivity index (χ1n) is 7.75. The fraction of sp³-hybridized carbons (Fsp3) is 0.588. The van der Waals surface area contributed by atoms with Gasteiger partial charge in [-0.15, -0.1) is 0 Å². The Morgan fingerprint density at radius 1 is 1.41 bits per heavy atom. The van der Waals surface area contributed by atoms with Crippen LogP contribution in [0.15, 0.2) is 24.3 Å². The van der Waals surface area contributed by atoms with E-state index in [1.165, 1.54) is 0 Å². The van der Waals surface area contributed by atoms with Crippen molar-refractivity contribution >= 4 is 17.7 Å². The van der Waals surface area contributed by atoms with Crippen molar-refractivity contribution in [3.8, 4) is 0 Å². The zero-order valence-electron chi connectivity index (χ0n) is 13.5. The molecule has 0 radical (unpaired) electrons. The number of likely N-dealkylation sites (tertiary alicyclic amines) is 1. The molecule has 0 aliphatic carbocycles. The molecule has 1 fully saturated rings. The number of rotatable bonds is 2. The summed E-state index contributed by atoms with van der Waals surface area (Å²) in [7, 11) is 0. The normalized spacial score (nSPS) is 22.5. The summed E-state index contributed by atoms with van der Waals surface area (Å²) in [5.74, 6) is 0.439. The smallest absolute Gasteiger partial charge is 0.411 e. The van der Waals surface area contributed by atoms with Gasteiger partial charge in [-0.1, -0.05) is 29.8 Å². The standard InChI is InChI=1S/C17H25ClN2O2/c1-17(2,3)22-16(21)20-9-8-12(11-15(20)19)10-13-6-4-5-7-14(13)18/h4-7,12,15H,8-11,19H2,1-3H3. The van der Waals surface area contributed by atoms with Crippen LogP contribution in [0.2, 0.25) is 5.02 Å². The summed E-state index contributed by atoms with van der Waals surface area (Å²) in [5, 5.41) is 0.797. The number of carbonyl (C=O) groups is 1. The van der Waals surface area contributed by atoms with Crippen LogP contribution >= 0.6 is 11.6 Å². The molecular formula is C17H25ClN2O2. The summed E-state index contributed by atoms with van der Waals surface area (Å²) in [6.45, 7) is 6.22. The lowest BCUT2D eigenvalue weighted by molar-refractivity contribution is 0.00556. The maximum absolute atomic E-state index is 12.1. The molecule has 1 amide bonds. The summed E-state index contributed by atoms with van der Waals surface area (Å²) >= 11 is 6.22. The molecule has 5 heteroatoms. The van der Waals surface area contributed by atoms with Crippen LogP contribution in [0.4, 0.5) is 4.79 Å². The average molecular weight is 325 g/mol. The van der Waals surface area contributed by atoms with Gasteiger partial charge >= 0.3 is 6.09 Å². The number of nitrogens with zero attached hydrogens (tertiary/aromatic N) is 1. The third-order valence-electron chi connectivity index (χ3n) is 3.85. The van der Waals surface area contributed by atoms with Gasteiger partial charge in [-0.05, 0) is 57.6 Å². The molecule has 4 nitrogen and oxygen atoms in total. The zero-order valence-corrected chi connectivity index (χ0v) is 14.3. The van der Waals surface area contributed by atoms with Gasteiger partial charge in [-0.2, -0.15) is 0 Å². The number of carbonyl (C=O) groups excluding carboxylic acids is 1. The van der Waals surface area contributed by atoms with E-state index in [-0.39, 0.29) is 12.3 Å².